The third kappa shape index (κ3) is 5.16. The number of amides is 1. The number of benzene rings is 2. The number of nitrogens with one attached hydrogen (secondary N) is 1. The van der Waals surface area contributed by atoms with Crippen LogP contribution in [0.4, 0.5) is 5.69 Å². The van der Waals surface area contributed by atoms with Crippen LogP contribution in [0.15, 0.2) is 79.4 Å². The van der Waals surface area contributed by atoms with E-state index in [1.54, 1.807) is 53.6 Å². The number of rotatable bonds is 8. The van der Waals surface area contributed by atoms with Crippen molar-refractivity contribution >= 4 is 11.6 Å². The number of aromatic nitrogens is 5. The number of carbonyl (C=O) groups excluding carboxylic acids is 1. The third-order valence-corrected chi connectivity index (χ3v) is 3.98. The highest BCUT2D eigenvalue weighted by Gasteiger charge is 2.09. The number of hydrogen-bond donors (Lipinski definition) is 1. The van der Waals surface area contributed by atoms with Gasteiger partial charge in [-0.1, -0.05) is 18.2 Å². The topological polar surface area (TPSA) is 104 Å². The summed E-state index contributed by atoms with van der Waals surface area (Å²) in [6, 6.07) is 16.4. The van der Waals surface area contributed by atoms with Gasteiger partial charge in [0.25, 0.3) is 5.91 Å². The summed E-state index contributed by atoms with van der Waals surface area (Å²) in [5, 5.41) is 10.8. The first-order valence-corrected chi connectivity index (χ1v) is 9.19. The molecule has 0 aliphatic heterocycles. The lowest BCUT2D eigenvalue weighted by atomic mass is 10.2. The maximum atomic E-state index is 12.4. The van der Waals surface area contributed by atoms with E-state index in [1.807, 2.05) is 18.2 Å². The van der Waals surface area contributed by atoms with E-state index in [1.165, 1.54) is 12.4 Å². The minimum absolute atomic E-state index is 0.171. The maximum Gasteiger partial charge on any atom is 0.321 e. The molecule has 0 atom stereocenters. The van der Waals surface area contributed by atoms with E-state index in [-0.39, 0.29) is 11.9 Å². The van der Waals surface area contributed by atoms with Crippen LogP contribution < -0.4 is 14.8 Å². The molecular formula is C21H18N6O3. The van der Waals surface area contributed by atoms with E-state index in [0.717, 1.165) is 0 Å². The van der Waals surface area contributed by atoms with Gasteiger partial charge in [0.15, 0.2) is 0 Å². The van der Waals surface area contributed by atoms with E-state index in [0.29, 0.717) is 35.9 Å². The molecule has 0 spiro atoms. The first kappa shape index (κ1) is 19.1. The quantitative estimate of drug-likeness (QED) is 0.483. The molecule has 0 radical (unpaired) electrons. The molecule has 2 aromatic carbocycles. The van der Waals surface area contributed by atoms with Crippen LogP contribution in [-0.4, -0.2) is 37.5 Å². The van der Waals surface area contributed by atoms with Crippen LogP contribution in [0.25, 0.3) is 0 Å². The van der Waals surface area contributed by atoms with Gasteiger partial charge in [-0.15, -0.1) is 0 Å². The van der Waals surface area contributed by atoms with E-state index in [2.05, 4.69) is 25.5 Å². The Morgan fingerprint density at radius 1 is 0.900 bits per heavy atom. The molecule has 1 N–H and O–H groups in total. The number of carbonyl (C=O) groups is 1. The highest BCUT2D eigenvalue weighted by atomic mass is 16.5. The van der Waals surface area contributed by atoms with Crippen LogP contribution in [0, 0.1) is 0 Å². The van der Waals surface area contributed by atoms with Gasteiger partial charge in [0.1, 0.15) is 18.1 Å². The van der Waals surface area contributed by atoms with Crippen molar-refractivity contribution in [2.45, 2.75) is 6.54 Å². The molecule has 2 heterocycles. The molecule has 4 rings (SSSR count). The summed E-state index contributed by atoms with van der Waals surface area (Å²) in [7, 11) is 0. The normalized spacial score (nSPS) is 10.4. The van der Waals surface area contributed by atoms with Gasteiger partial charge < -0.3 is 14.8 Å². The molecule has 0 fully saturated rings. The minimum Gasteiger partial charge on any atom is -0.492 e. The van der Waals surface area contributed by atoms with E-state index < -0.39 is 0 Å². The van der Waals surface area contributed by atoms with Crippen molar-refractivity contribution in [1.82, 2.24) is 25.0 Å². The van der Waals surface area contributed by atoms with Crippen molar-refractivity contribution in [3.63, 3.8) is 0 Å². The largest absolute Gasteiger partial charge is 0.492 e. The lowest BCUT2D eigenvalue weighted by Gasteiger charge is -2.08. The smallest absolute Gasteiger partial charge is 0.321 e. The zero-order valence-corrected chi connectivity index (χ0v) is 15.9. The molecule has 150 valence electrons. The van der Waals surface area contributed by atoms with Crippen LogP contribution in [0.5, 0.6) is 17.5 Å². The third-order valence-electron chi connectivity index (χ3n) is 3.98. The predicted molar refractivity (Wildman–Crippen MR) is 108 cm³/mol. The van der Waals surface area contributed by atoms with Crippen LogP contribution in [0.3, 0.4) is 0 Å². The summed E-state index contributed by atoms with van der Waals surface area (Å²) in [5.74, 6) is 0.989. The van der Waals surface area contributed by atoms with Gasteiger partial charge in [0.2, 0.25) is 0 Å². The molecule has 0 unspecified atom stereocenters. The van der Waals surface area contributed by atoms with Crippen molar-refractivity contribution in [3.05, 3.63) is 84.9 Å². The summed E-state index contributed by atoms with van der Waals surface area (Å²) < 4.78 is 11.2. The number of nitrogens with zero attached hydrogens (tertiary/aromatic N) is 5. The lowest BCUT2D eigenvalue weighted by molar-refractivity contribution is 0.102. The molecule has 1 amide bonds. The second kappa shape index (κ2) is 9.28. The van der Waals surface area contributed by atoms with Gasteiger partial charge in [-0.2, -0.15) is 15.0 Å². The van der Waals surface area contributed by atoms with Gasteiger partial charge in [-0.3, -0.25) is 4.79 Å². The molecular weight excluding hydrogens is 384 g/mol. The second-order valence-corrected chi connectivity index (χ2v) is 6.12. The summed E-state index contributed by atoms with van der Waals surface area (Å²) in [6.45, 7) is 0.991. The van der Waals surface area contributed by atoms with E-state index in [9.17, 15) is 4.79 Å². The fourth-order valence-corrected chi connectivity index (χ4v) is 2.52. The van der Waals surface area contributed by atoms with Gasteiger partial charge in [-0.05, 0) is 36.4 Å². The van der Waals surface area contributed by atoms with E-state index >= 15 is 0 Å². The van der Waals surface area contributed by atoms with Crippen molar-refractivity contribution < 1.29 is 14.3 Å². The summed E-state index contributed by atoms with van der Waals surface area (Å²) in [5.41, 5.74) is 0.952. The van der Waals surface area contributed by atoms with Crippen molar-refractivity contribution in [3.8, 4) is 17.5 Å². The van der Waals surface area contributed by atoms with Gasteiger partial charge in [0.05, 0.1) is 24.5 Å². The van der Waals surface area contributed by atoms with Crippen LogP contribution >= 0.6 is 0 Å². The molecule has 0 aliphatic rings. The Balaban J connectivity index is 1.28. The predicted octanol–water partition coefficient (Wildman–Crippen LogP) is 3.19. The monoisotopic (exact) mass is 402 g/mol. The molecule has 9 heteroatoms. The zero-order chi connectivity index (χ0) is 20.6. The molecule has 2 aromatic heterocycles. The van der Waals surface area contributed by atoms with Crippen LogP contribution in [-0.2, 0) is 6.54 Å². The van der Waals surface area contributed by atoms with Crippen molar-refractivity contribution in [1.29, 1.82) is 0 Å². The Labute approximate surface area is 172 Å². The standard InChI is InChI=1S/C21H18N6O3/c28-20(16-14-22-21(23-15-16)30-19-4-2-1-3-5-19)26-17-6-8-18(9-7-17)29-13-12-27-24-10-11-25-27/h1-11,14-15H,12-13H2,(H,26,28). The average Bonchev–Trinajstić information content (AvgIpc) is 3.30. The second-order valence-electron chi connectivity index (χ2n) is 6.12. The summed E-state index contributed by atoms with van der Waals surface area (Å²) in [6.07, 6.45) is 6.07. The number of ether oxygens (including phenoxy) is 2. The molecule has 4 aromatic rings. The first-order chi connectivity index (χ1) is 14.8. The average molecular weight is 402 g/mol. The molecule has 0 bridgehead atoms. The Bertz CT molecular complexity index is 1070. The maximum absolute atomic E-state index is 12.4. The minimum atomic E-state index is -0.320. The summed E-state index contributed by atoms with van der Waals surface area (Å²) in [4.78, 5) is 22.1. The number of para-hydroxylation sites is 1. The molecule has 0 saturated carbocycles. The Morgan fingerprint density at radius 3 is 2.30 bits per heavy atom. The summed E-state index contributed by atoms with van der Waals surface area (Å²) >= 11 is 0. The first-order valence-electron chi connectivity index (χ1n) is 9.19. The van der Waals surface area contributed by atoms with Crippen molar-refractivity contribution in [2.75, 3.05) is 11.9 Å². The fourth-order valence-electron chi connectivity index (χ4n) is 2.52. The SMILES string of the molecule is O=C(Nc1ccc(OCCn2nccn2)cc1)c1cnc(Oc2ccccc2)nc1. The molecule has 0 aliphatic carbocycles. The Kier molecular flexibility index (Phi) is 5.90. The van der Waals surface area contributed by atoms with E-state index in [4.69, 9.17) is 9.47 Å². The highest BCUT2D eigenvalue weighted by Crippen LogP contribution is 2.18. The van der Waals surface area contributed by atoms with Crippen molar-refractivity contribution in [2.24, 2.45) is 0 Å². The molecule has 9 nitrogen and oxygen atoms in total. The van der Waals surface area contributed by atoms with Crippen LogP contribution in [0.1, 0.15) is 10.4 Å². The highest BCUT2D eigenvalue weighted by molar-refractivity contribution is 6.03. The van der Waals surface area contributed by atoms with Gasteiger partial charge >= 0.3 is 6.01 Å². The fraction of sp³-hybridized carbons (Fsp3) is 0.0952. The van der Waals surface area contributed by atoms with Crippen LogP contribution in [0.2, 0.25) is 0 Å². The Morgan fingerprint density at radius 2 is 1.60 bits per heavy atom. The number of hydrogen-bond acceptors (Lipinski definition) is 7. The number of anilines is 1. The molecule has 0 saturated heterocycles. The van der Waals surface area contributed by atoms with Gasteiger partial charge in [0, 0.05) is 18.1 Å². The Hall–Kier alpha value is -4.27. The zero-order valence-electron chi connectivity index (χ0n) is 15.9. The van der Waals surface area contributed by atoms with Gasteiger partial charge in [-0.25, -0.2) is 9.97 Å². The lowest BCUT2D eigenvalue weighted by Crippen LogP contribution is -2.13. The molecule has 30 heavy (non-hydrogen) atoms.